The second-order valence-corrected chi connectivity index (χ2v) is 4.61. The van der Waals surface area contributed by atoms with E-state index in [1.54, 1.807) is 0 Å². The van der Waals surface area contributed by atoms with Crippen molar-refractivity contribution in [1.82, 2.24) is 4.98 Å². The lowest BCUT2D eigenvalue weighted by Gasteiger charge is -2.09. The zero-order valence-electron chi connectivity index (χ0n) is 10.4. The molecule has 20 heavy (non-hydrogen) atoms. The molecule has 0 spiro atoms. The Hall–Kier alpha value is -2.15. The van der Waals surface area contributed by atoms with Crippen molar-refractivity contribution in [2.75, 3.05) is 12.8 Å². The zero-order valence-corrected chi connectivity index (χ0v) is 12.0. The van der Waals surface area contributed by atoms with Crippen molar-refractivity contribution in [3.63, 3.8) is 0 Å². The van der Waals surface area contributed by atoms with E-state index in [1.807, 2.05) is 0 Å². The van der Waals surface area contributed by atoms with E-state index in [0.29, 0.717) is 5.75 Å². The second kappa shape index (κ2) is 5.87. The maximum Gasteiger partial charge on any atom is 0.356 e. The predicted octanol–water partition coefficient (Wildman–Crippen LogP) is 3.14. The van der Waals surface area contributed by atoms with E-state index in [0.717, 1.165) is 0 Å². The molecular weight excluding hydrogens is 331 g/mol. The fourth-order valence-corrected chi connectivity index (χ4v) is 1.76. The van der Waals surface area contributed by atoms with Gasteiger partial charge in [0, 0.05) is 0 Å². The molecule has 0 unspecified atom stereocenters. The Morgan fingerprint density at radius 3 is 2.75 bits per heavy atom. The van der Waals surface area contributed by atoms with E-state index in [-0.39, 0.29) is 21.7 Å². The van der Waals surface area contributed by atoms with Gasteiger partial charge in [-0.15, -0.1) is 0 Å². The van der Waals surface area contributed by atoms with Gasteiger partial charge in [-0.05, 0) is 46.3 Å². The van der Waals surface area contributed by atoms with Crippen LogP contribution in [-0.4, -0.2) is 18.1 Å². The van der Waals surface area contributed by atoms with Crippen molar-refractivity contribution in [3.8, 4) is 11.6 Å². The van der Waals surface area contributed by atoms with Gasteiger partial charge >= 0.3 is 5.97 Å². The van der Waals surface area contributed by atoms with E-state index in [1.165, 1.54) is 37.4 Å². The minimum atomic E-state index is -0.602. The van der Waals surface area contributed by atoms with Crippen molar-refractivity contribution >= 4 is 27.6 Å². The molecule has 0 amide bonds. The molecule has 2 aromatic rings. The van der Waals surface area contributed by atoms with Gasteiger partial charge in [-0.1, -0.05) is 0 Å². The summed E-state index contributed by atoms with van der Waals surface area (Å²) in [6.07, 6.45) is 0. The number of hydrogen-bond acceptors (Lipinski definition) is 5. The number of carbonyl (C=O) groups is 1. The third-order valence-electron chi connectivity index (χ3n) is 2.39. The molecule has 0 aliphatic carbocycles. The van der Waals surface area contributed by atoms with Gasteiger partial charge < -0.3 is 15.2 Å². The first-order valence-corrected chi connectivity index (χ1v) is 6.28. The summed E-state index contributed by atoms with van der Waals surface area (Å²) in [7, 11) is 1.25. The van der Waals surface area contributed by atoms with Crippen LogP contribution in [0.1, 0.15) is 10.5 Å². The number of halogens is 2. The molecule has 0 atom stereocenters. The number of hydrogen-bond donors (Lipinski definition) is 1. The average molecular weight is 341 g/mol. The first kappa shape index (κ1) is 14.3. The van der Waals surface area contributed by atoms with Crippen LogP contribution in [0.5, 0.6) is 11.6 Å². The summed E-state index contributed by atoms with van der Waals surface area (Å²) < 4.78 is 23.4. The van der Waals surface area contributed by atoms with Crippen molar-refractivity contribution in [2.45, 2.75) is 0 Å². The first-order valence-electron chi connectivity index (χ1n) is 5.49. The van der Waals surface area contributed by atoms with Crippen LogP contribution in [0.2, 0.25) is 0 Å². The van der Waals surface area contributed by atoms with Gasteiger partial charge in [-0.25, -0.2) is 14.2 Å². The highest BCUT2D eigenvalue weighted by Crippen LogP contribution is 2.28. The maximum atomic E-state index is 13.1. The number of pyridine rings is 1. The summed E-state index contributed by atoms with van der Waals surface area (Å²) in [6.45, 7) is 0. The molecule has 0 saturated carbocycles. The smallest absolute Gasteiger partial charge is 0.356 e. The molecule has 2 rings (SSSR count). The predicted molar refractivity (Wildman–Crippen MR) is 74.2 cm³/mol. The quantitative estimate of drug-likeness (QED) is 0.868. The van der Waals surface area contributed by atoms with E-state index in [9.17, 15) is 9.18 Å². The Balaban J connectivity index is 2.32. The van der Waals surface area contributed by atoms with Crippen molar-refractivity contribution in [2.24, 2.45) is 0 Å². The fraction of sp³-hybridized carbons (Fsp3) is 0.0769. The number of nitrogen functional groups attached to an aromatic ring is 1. The number of methoxy groups -OCH3 is 1. The first-order chi connectivity index (χ1) is 9.51. The van der Waals surface area contributed by atoms with Gasteiger partial charge in [0.05, 0.1) is 17.3 Å². The normalized spacial score (nSPS) is 10.2. The van der Waals surface area contributed by atoms with E-state index >= 15 is 0 Å². The summed E-state index contributed by atoms with van der Waals surface area (Å²) in [5.74, 6) is -0.636. The molecule has 1 heterocycles. The minimum Gasteiger partial charge on any atom is -0.464 e. The monoisotopic (exact) mass is 340 g/mol. The van der Waals surface area contributed by atoms with Gasteiger partial charge in [0.25, 0.3) is 0 Å². The summed E-state index contributed by atoms with van der Waals surface area (Å²) in [6, 6.07) is 6.99. The number of aromatic nitrogens is 1. The summed E-state index contributed by atoms with van der Waals surface area (Å²) in [5, 5.41) is 0. The van der Waals surface area contributed by atoms with Crippen LogP contribution in [0.4, 0.5) is 10.1 Å². The van der Waals surface area contributed by atoms with Crippen LogP contribution < -0.4 is 10.5 Å². The standard InChI is InChI=1S/C13H10BrFN2O3/c1-19-13(18)11-5-4-10(16)12(17-11)20-7-2-3-9(15)8(14)6-7/h2-6H,16H2,1H3. The Morgan fingerprint density at radius 2 is 2.10 bits per heavy atom. The Morgan fingerprint density at radius 1 is 1.35 bits per heavy atom. The Bertz CT molecular complexity index is 664. The third kappa shape index (κ3) is 3.05. The van der Waals surface area contributed by atoms with Crippen LogP contribution in [0.25, 0.3) is 0 Å². The number of anilines is 1. The number of nitrogens with zero attached hydrogens (tertiary/aromatic N) is 1. The molecule has 0 aliphatic rings. The van der Waals surface area contributed by atoms with Crippen molar-refractivity contribution in [1.29, 1.82) is 0 Å². The molecule has 1 aromatic carbocycles. The van der Waals surface area contributed by atoms with Crippen molar-refractivity contribution < 1.29 is 18.7 Å². The van der Waals surface area contributed by atoms with Crippen LogP contribution >= 0.6 is 15.9 Å². The Kier molecular flexibility index (Phi) is 4.19. The molecule has 0 aliphatic heterocycles. The van der Waals surface area contributed by atoms with Gasteiger partial charge in [0.1, 0.15) is 11.6 Å². The number of carbonyl (C=O) groups excluding carboxylic acids is 1. The van der Waals surface area contributed by atoms with Gasteiger partial charge in [0.2, 0.25) is 5.88 Å². The van der Waals surface area contributed by atoms with E-state index in [2.05, 4.69) is 25.7 Å². The highest BCUT2D eigenvalue weighted by Gasteiger charge is 2.12. The highest BCUT2D eigenvalue weighted by atomic mass is 79.9. The van der Waals surface area contributed by atoms with Gasteiger partial charge in [0.15, 0.2) is 5.69 Å². The highest BCUT2D eigenvalue weighted by molar-refractivity contribution is 9.10. The van der Waals surface area contributed by atoms with Crippen LogP contribution in [0.15, 0.2) is 34.8 Å². The number of rotatable bonds is 3. The van der Waals surface area contributed by atoms with Crippen LogP contribution in [-0.2, 0) is 4.74 Å². The molecule has 0 fully saturated rings. The summed E-state index contributed by atoms with van der Waals surface area (Å²) in [5.41, 5.74) is 6.04. The Labute approximate surface area is 122 Å². The van der Waals surface area contributed by atoms with Crippen molar-refractivity contribution in [3.05, 3.63) is 46.3 Å². The van der Waals surface area contributed by atoms with E-state index < -0.39 is 11.8 Å². The molecule has 0 radical (unpaired) electrons. The molecule has 1 aromatic heterocycles. The molecule has 2 N–H and O–H groups in total. The molecule has 0 bridgehead atoms. The SMILES string of the molecule is COC(=O)c1ccc(N)c(Oc2ccc(F)c(Br)c2)n1. The largest absolute Gasteiger partial charge is 0.464 e. The zero-order chi connectivity index (χ0) is 14.7. The fourth-order valence-electron chi connectivity index (χ4n) is 1.40. The molecule has 5 nitrogen and oxygen atoms in total. The number of nitrogens with two attached hydrogens (primary N) is 1. The van der Waals surface area contributed by atoms with E-state index in [4.69, 9.17) is 10.5 Å². The minimum absolute atomic E-state index is 0.0476. The third-order valence-corrected chi connectivity index (χ3v) is 3.00. The molecule has 0 saturated heterocycles. The number of esters is 1. The maximum absolute atomic E-state index is 13.1. The summed E-state index contributed by atoms with van der Waals surface area (Å²) >= 11 is 3.05. The molecule has 104 valence electrons. The van der Waals surface area contributed by atoms with Crippen LogP contribution in [0.3, 0.4) is 0 Å². The molecular formula is C13H10BrFN2O3. The topological polar surface area (TPSA) is 74.4 Å². The lowest BCUT2D eigenvalue weighted by atomic mass is 10.3. The number of benzene rings is 1. The van der Waals surface area contributed by atoms with Crippen LogP contribution in [0, 0.1) is 5.82 Å². The summed E-state index contributed by atoms with van der Waals surface area (Å²) in [4.78, 5) is 15.3. The molecule has 7 heteroatoms. The lowest BCUT2D eigenvalue weighted by molar-refractivity contribution is 0.0593. The lowest BCUT2D eigenvalue weighted by Crippen LogP contribution is -2.06. The van der Waals surface area contributed by atoms with Gasteiger partial charge in [-0.2, -0.15) is 0 Å². The number of ether oxygens (including phenoxy) is 2. The second-order valence-electron chi connectivity index (χ2n) is 3.76. The van der Waals surface area contributed by atoms with Gasteiger partial charge in [-0.3, -0.25) is 0 Å². The average Bonchev–Trinajstić information content (AvgIpc) is 2.44.